The van der Waals surface area contributed by atoms with E-state index in [1.54, 1.807) is 14.2 Å². The SMILES string of the molecule is CN=C(NCC(C)CSc1ccccc1OC)NCC1CCCO1. The molecule has 1 heterocycles. The number of nitrogens with one attached hydrogen (secondary N) is 2. The Kier molecular flexibility index (Phi) is 8.25. The second kappa shape index (κ2) is 10.5. The van der Waals surface area contributed by atoms with Crippen molar-refractivity contribution in [2.75, 3.05) is 39.6 Å². The molecule has 0 radical (unpaired) electrons. The highest BCUT2D eigenvalue weighted by Gasteiger charge is 2.15. The van der Waals surface area contributed by atoms with E-state index in [0.29, 0.717) is 12.0 Å². The molecule has 1 aliphatic heterocycles. The van der Waals surface area contributed by atoms with Crippen LogP contribution in [0.4, 0.5) is 0 Å². The van der Waals surface area contributed by atoms with E-state index in [-0.39, 0.29) is 0 Å². The lowest BCUT2D eigenvalue weighted by Crippen LogP contribution is -2.42. The number of hydrogen-bond donors (Lipinski definition) is 2. The Morgan fingerprint density at radius 1 is 1.42 bits per heavy atom. The van der Waals surface area contributed by atoms with Crippen molar-refractivity contribution in [3.8, 4) is 5.75 Å². The van der Waals surface area contributed by atoms with E-state index < -0.39 is 0 Å². The largest absolute Gasteiger partial charge is 0.496 e. The van der Waals surface area contributed by atoms with Gasteiger partial charge in [0.15, 0.2) is 5.96 Å². The van der Waals surface area contributed by atoms with Gasteiger partial charge in [-0.1, -0.05) is 19.1 Å². The van der Waals surface area contributed by atoms with E-state index in [9.17, 15) is 0 Å². The molecule has 2 unspecified atom stereocenters. The van der Waals surface area contributed by atoms with Crippen LogP contribution in [0.25, 0.3) is 0 Å². The van der Waals surface area contributed by atoms with Crippen molar-refractivity contribution in [1.29, 1.82) is 0 Å². The Morgan fingerprint density at radius 2 is 2.25 bits per heavy atom. The molecular weight excluding hydrogens is 322 g/mol. The van der Waals surface area contributed by atoms with Gasteiger partial charge in [-0.25, -0.2) is 0 Å². The van der Waals surface area contributed by atoms with Gasteiger partial charge in [0, 0.05) is 37.4 Å². The zero-order valence-corrected chi connectivity index (χ0v) is 15.7. The van der Waals surface area contributed by atoms with Crippen molar-refractivity contribution in [3.05, 3.63) is 24.3 Å². The van der Waals surface area contributed by atoms with Gasteiger partial charge in [0.25, 0.3) is 0 Å². The van der Waals surface area contributed by atoms with E-state index in [0.717, 1.165) is 50.0 Å². The zero-order valence-electron chi connectivity index (χ0n) is 14.9. The van der Waals surface area contributed by atoms with Gasteiger partial charge in [-0.05, 0) is 30.9 Å². The van der Waals surface area contributed by atoms with Crippen molar-refractivity contribution >= 4 is 17.7 Å². The molecule has 1 aliphatic rings. The predicted molar refractivity (Wildman–Crippen MR) is 101 cm³/mol. The second-order valence-corrected chi connectivity index (χ2v) is 7.10. The molecule has 0 amide bonds. The molecule has 1 fully saturated rings. The highest BCUT2D eigenvalue weighted by atomic mass is 32.2. The molecule has 2 rings (SSSR count). The number of methoxy groups -OCH3 is 1. The quantitative estimate of drug-likeness (QED) is 0.428. The molecule has 0 bridgehead atoms. The monoisotopic (exact) mass is 351 g/mol. The molecular formula is C18H29N3O2S. The topological polar surface area (TPSA) is 54.9 Å². The number of guanidine groups is 1. The summed E-state index contributed by atoms with van der Waals surface area (Å²) in [6.07, 6.45) is 2.62. The summed E-state index contributed by atoms with van der Waals surface area (Å²) in [5, 5.41) is 6.74. The Balaban J connectivity index is 1.68. The third-order valence-corrected chi connectivity index (χ3v) is 5.34. The molecule has 0 spiro atoms. The number of hydrogen-bond acceptors (Lipinski definition) is 4. The van der Waals surface area contributed by atoms with E-state index in [2.05, 4.69) is 28.6 Å². The van der Waals surface area contributed by atoms with Gasteiger partial charge in [0.1, 0.15) is 5.75 Å². The maximum atomic E-state index is 5.62. The molecule has 0 aromatic heterocycles. The van der Waals surface area contributed by atoms with E-state index in [4.69, 9.17) is 9.47 Å². The molecule has 0 saturated carbocycles. The lowest BCUT2D eigenvalue weighted by Gasteiger charge is -2.18. The zero-order chi connectivity index (χ0) is 17.2. The summed E-state index contributed by atoms with van der Waals surface area (Å²) in [4.78, 5) is 5.47. The van der Waals surface area contributed by atoms with E-state index in [1.807, 2.05) is 30.0 Å². The van der Waals surface area contributed by atoms with Crippen LogP contribution < -0.4 is 15.4 Å². The average molecular weight is 352 g/mol. The summed E-state index contributed by atoms with van der Waals surface area (Å²) in [7, 11) is 3.52. The normalized spacial score (nSPS) is 19.1. The first-order valence-electron chi connectivity index (χ1n) is 8.55. The standard InChI is InChI=1S/C18H29N3O2S/c1-14(13-24-17-9-5-4-8-16(17)22-3)11-20-18(19-2)21-12-15-7-6-10-23-15/h4-5,8-9,14-15H,6-7,10-13H2,1-3H3,(H2,19,20,21). The maximum Gasteiger partial charge on any atom is 0.191 e. The first-order chi connectivity index (χ1) is 11.7. The molecule has 6 heteroatoms. The number of para-hydroxylation sites is 1. The minimum atomic E-state index is 0.321. The minimum absolute atomic E-state index is 0.321. The summed E-state index contributed by atoms with van der Waals surface area (Å²) in [5.74, 6) is 3.33. The van der Waals surface area contributed by atoms with Crippen LogP contribution in [0.1, 0.15) is 19.8 Å². The molecule has 1 aromatic carbocycles. The van der Waals surface area contributed by atoms with Crippen LogP contribution in [0.3, 0.4) is 0 Å². The number of aliphatic imine (C=N–C) groups is 1. The summed E-state index contributed by atoms with van der Waals surface area (Å²) < 4.78 is 11.0. The molecule has 1 saturated heterocycles. The highest BCUT2D eigenvalue weighted by molar-refractivity contribution is 7.99. The molecule has 2 N–H and O–H groups in total. The number of rotatable bonds is 8. The molecule has 1 aromatic rings. The first-order valence-corrected chi connectivity index (χ1v) is 9.53. The predicted octanol–water partition coefficient (Wildman–Crippen LogP) is 2.77. The fourth-order valence-electron chi connectivity index (χ4n) is 2.54. The Bertz CT molecular complexity index is 519. The molecule has 2 atom stereocenters. The lowest BCUT2D eigenvalue weighted by molar-refractivity contribution is 0.114. The third-order valence-electron chi connectivity index (χ3n) is 3.96. The van der Waals surface area contributed by atoms with Crippen molar-refractivity contribution < 1.29 is 9.47 Å². The number of thioether (sulfide) groups is 1. The number of nitrogens with zero attached hydrogens (tertiary/aromatic N) is 1. The number of ether oxygens (including phenoxy) is 2. The van der Waals surface area contributed by atoms with Crippen LogP contribution in [-0.4, -0.2) is 51.7 Å². The van der Waals surface area contributed by atoms with Crippen molar-refractivity contribution in [2.24, 2.45) is 10.9 Å². The van der Waals surface area contributed by atoms with Crippen LogP contribution in [0.5, 0.6) is 5.75 Å². The van der Waals surface area contributed by atoms with Gasteiger partial charge >= 0.3 is 0 Å². The van der Waals surface area contributed by atoms with Crippen molar-refractivity contribution in [3.63, 3.8) is 0 Å². The van der Waals surface area contributed by atoms with Crippen molar-refractivity contribution in [2.45, 2.75) is 30.8 Å². The summed E-state index contributed by atoms with van der Waals surface area (Å²) >= 11 is 1.83. The summed E-state index contributed by atoms with van der Waals surface area (Å²) in [5.41, 5.74) is 0. The summed E-state index contributed by atoms with van der Waals surface area (Å²) in [6, 6.07) is 8.15. The van der Waals surface area contributed by atoms with Gasteiger partial charge in [-0.3, -0.25) is 4.99 Å². The highest BCUT2D eigenvalue weighted by Crippen LogP contribution is 2.29. The molecule has 24 heavy (non-hydrogen) atoms. The van der Waals surface area contributed by atoms with Crippen molar-refractivity contribution in [1.82, 2.24) is 10.6 Å². The second-order valence-electron chi connectivity index (χ2n) is 6.04. The maximum absolute atomic E-state index is 5.62. The Morgan fingerprint density at radius 3 is 2.96 bits per heavy atom. The van der Waals surface area contributed by atoms with E-state index >= 15 is 0 Å². The fraction of sp³-hybridized carbons (Fsp3) is 0.611. The van der Waals surface area contributed by atoms with Gasteiger partial charge in [0.05, 0.1) is 13.2 Å². The number of benzene rings is 1. The van der Waals surface area contributed by atoms with Crippen LogP contribution in [0.15, 0.2) is 34.2 Å². The van der Waals surface area contributed by atoms with Crippen LogP contribution in [0, 0.1) is 5.92 Å². The van der Waals surface area contributed by atoms with Crippen LogP contribution in [0.2, 0.25) is 0 Å². The smallest absolute Gasteiger partial charge is 0.191 e. The third kappa shape index (κ3) is 6.24. The molecule has 134 valence electrons. The lowest BCUT2D eigenvalue weighted by atomic mass is 10.2. The Hall–Kier alpha value is -1.40. The van der Waals surface area contributed by atoms with Crippen LogP contribution in [-0.2, 0) is 4.74 Å². The fourth-order valence-corrected chi connectivity index (χ4v) is 3.59. The summed E-state index contributed by atoms with van der Waals surface area (Å²) in [6.45, 7) is 4.83. The Labute approximate surface area is 149 Å². The van der Waals surface area contributed by atoms with Gasteiger partial charge in [-0.15, -0.1) is 11.8 Å². The van der Waals surface area contributed by atoms with Gasteiger partial charge < -0.3 is 20.1 Å². The molecule has 0 aliphatic carbocycles. The van der Waals surface area contributed by atoms with E-state index in [1.165, 1.54) is 4.90 Å². The van der Waals surface area contributed by atoms with Gasteiger partial charge in [-0.2, -0.15) is 0 Å². The van der Waals surface area contributed by atoms with Crippen LogP contribution >= 0.6 is 11.8 Å². The average Bonchev–Trinajstić information content (AvgIpc) is 3.13. The van der Waals surface area contributed by atoms with Gasteiger partial charge in [0.2, 0.25) is 0 Å². The minimum Gasteiger partial charge on any atom is -0.496 e. The molecule has 5 nitrogen and oxygen atoms in total. The first kappa shape index (κ1) is 18.9.